The minimum atomic E-state index is -0.381. The van der Waals surface area contributed by atoms with E-state index in [1.165, 1.54) is 11.3 Å². The number of thiophene rings is 1. The number of nitrogens with zero attached hydrogens (tertiary/aromatic N) is 4. The third-order valence-electron chi connectivity index (χ3n) is 6.43. The number of rotatable bonds is 8. The molecule has 1 aromatic carbocycles. The lowest BCUT2D eigenvalue weighted by atomic mass is 10.0. The summed E-state index contributed by atoms with van der Waals surface area (Å²) in [6.07, 6.45) is 6.84. The van der Waals surface area contributed by atoms with Crippen LogP contribution in [0.2, 0.25) is 0 Å². The van der Waals surface area contributed by atoms with Crippen LogP contribution in [0.15, 0.2) is 48.2 Å². The van der Waals surface area contributed by atoms with Gasteiger partial charge in [0.1, 0.15) is 5.82 Å². The second-order valence-corrected chi connectivity index (χ2v) is 10.4. The van der Waals surface area contributed by atoms with Gasteiger partial charge >= 0.3 is 0 Å². The number of carbonyl (C=O) groups excluding carboxylic acids is 3. The van der Waals surface area contributed by atoms with Crippen LogP contribution in [-0.4, -0.2) is 43.2 Å². The van der Waals surface area contributed by atoms with Gasteiger partial charge in [0, 0.05) is 28.5 Å². The predicted octanol–water partition coefficient (Wildman–Crippen LogP) is 3.84. The van der Waals surface area contributed by atoms with Crippen molar-refractivity contribution >= 4 is 46.6 Å². The fourth-order valence-electron chi connectivity index (χ4n) is 4.36. The molecule has 2 N–H and O–H groups in total. The van der Waals surface area contributed by atoms with Crippen LogP contribution < -0.4 is 10.6 Å². The van der Waals surface area contributed by atoms with Crippen LogP contribution in [0.3, 0.4) is 0 Å². The molecule has 0 radical (unpaired) electrons. The van der Waals surface area contributed by atoms with Crippen molar-refractivity contribution in [1.29, 1.82) is 0 Å². The highest BCUT2D eigenvalue weighted by molar-refractivity contribution is 7.17. The zero-order valence-electron chi connectivity index (χ0n) is 20.2. The van der Waals surface area contributed by atoms with Gasteiger partial charge in [-0.2, -0.15) is 14.6 Å². The number of hydrogen-bond donors (Lipinski definition) is 2. The van der Waals surface area contributed by atoms with Crippen LogP contribution in [0.25, 0.3) is 22.2 Å². The lowest BCUT2D eigenvalue weighted by Gasteiger charge is -2.10. The summed E-state index contributed by atoms with van der Waals surface area (Å²) in [4.78, 5) is 46.9. The number of anilines is 1. The molecule has 1 aliphatic carbocycles. The molecule has 37 heavy (non-hydrogen) atoms. The van der Waals surface area contributed by atoms with E-state index in [4.69, 9.17) is 9.97 Å². The van der Waals surface area contributed by atoms with E-state index in [-0.39, 0.29) is 24.0 Å². The summed E-state index contributed by atoms with van der Waals surface area (Å²) < 4.78 is 1.66. The number of amides is 2. The molecule has 1 aliphatic heterocycles. The molecule has 6 rings (SSSR count). The number of aromatic nitrogens is 4. The topological polar surface area (TPSA) is 118 Å². The lowest BCUT2D eigenvalue weighted by Crippen LogP contribution is -2.19. The summed E-state index contributed by atoms with van der Waals surface area (Å²) in [7, 11) is 0. The largest absolute Gasteiger partial charge is 0.351 e. The molecule has 0 spiro atoms. The number of benzene rings is 1. The van der Waals surface area contributed by atoms with E-state index in [2.05, 4.69) is 27.9 Å². The second-order valence-electron chi connectivity index (χ2n) is 9.32. The van der Waals surface area contributed by atoms with E-state index in [1.54, 1.807) is 23.7 Å². The van der Waals surface area contributed by atoms with Gasteiger partial charge in [-0.05, 0) is 55.5 Å². The zero-order chi connectivity index (χ0) is 25.5. The van der Waals surface area contributed by atoms with Crippen molar-refractivity contribution in [2.75, 3.05) is 5.32 Å². The maximum atomic E-state index is 12.1. The highest BCUT2D eigenvalue weighted by Crippen LogP contribution is 2.32. The number of nitrogens with one attached hydrogen (secondary N) is 2. The maximum Gasteiger partial charge on any atom is 0.254 e. The quantitative estimate of drug-likeness (QED) is 0.209. The molecule has 1 saturated carbocycles. The first-order valence-corrected chi connectivity index (χ1v) is 13.0. The first kappa shape index (κ1) is 23.2. The van der Waals surface area contributed by atoms with E-state index in [1.807, 2.05) is 24.3 Å². The Bertz CT molecular complexity index is 1600. The smallest absolute Gasteiger partial charge is 0.254 e. The molecule has 2 amide bonds. The van der Waals surface area contributed by atoms with Gasteiger partial charge in [0.05, 0.1) is 17.5 Å². The molecule has 0 atom stereocenters. The van der Waals surface area contributed by atoms with Crippen molar-refractivity contribution in [3.63, 3.8) is 0 Å². The lowest BCUT2D eigenvalue weighted by molar-refractivity contribution is -0.124. The van der Waals surface area contributed by atoms with Crippen LogP contribution in [0.1, 0.15) is 52.8 Å². The first-order valence-electron chi connectivity index (χ1n) is 12.2. The highest BCUT2D eigenvalue weighted by Gasteiger charge is 2.26. The normalized spacial score (nSPS) is 16.5. The van der Waals surface area contributed by atoms with Gasteiger partial charge in [-0.25, -0.2) is 4.98 Å². The van der Waals surface area contributed by atoms with Crippen molar-refractivity contribution in [1.82, 2.24) is 24.9 Å². The standard InChI is InChI=1S/C27H24N6O3S/c1-15(34)21-9-10-22(37-21)20-5-3-2-4-16(20)6-11-23-30-25-18(12-17-13-24(35)32-26(17)36)14-28-33(25)27(31-23)29-19-7-8-19/h2-5,9-10,12,14,19H,6-8,11,13H2,1H3,(H,29,30,31)(H,32,35,36)/b17-12+. The van der Waals surface area contributed by atoms with Crippen LogP contribution >= 0.6 is 11.3 Å². The van der Waals surface area contributed by atoms with E-state index in [0.717, 1.165) is 33.7 Å². The predicted molar refractivity (Wildman–Crippen MR) is 140 cm³/mol. The molecule has 3 aromatic heterocycles. The summed E-state index contributed by atoms with van der Waals surface area (Å²) in [5.74, 6) is 0.661. The monoisotopic (exact) mass is 512 g/mol. The summed E-state index contributed by atoms with van der Waals surface area (Å²) >= 11 is 1.50. The van der Waals surface area contributed by atoms with E-state index in [9.17, 15) is 14.4 Å². The Balaban J connectivity index is 1.32. The number of hydrogen-bond acceptors (Lipinski definition) is 8. The van der Waals surface area contributed by atoms with Gasteiger partial charge in [-0.1, -0.05) is 24.3 Å². The SMILES string of the molecule is CC(=O)c1ccc(-c2ccccc2CCc2nc(NC3CC3)n3ncc(/C=C4\CC(=O)NC4=O)c3n2)s1. The van der Waals surface area contributed by atoms with Crippen molar-refractivity contribution in [3.05, 3.63) is 70.0 Å². The van der Waals surface area contributed by atoms with Gasteiger partial charge in [-0.15, -0.1) is 11.3 Å². The second kappa shape index (κ2) is 9.36. The maximum absolute atomic E-state index is 12.1. The molecule has 4 aromatic rings. The van der Waals surface area contributed by atoms with Crippen LogP contribution in [0.5, 0.6) is 0 Å². The summed E-state index contributed by atoms with van der Waals surface area (Å²) in [5, 5.41) is 10.2. The van der Waals surface area contributed by atoms with Crippen LogP contribution in [0, 0.1) is 0 Å². The van der Waals surface area contributed by atoms with E-state index in [0.29, 0.717) is 47.4 Å². The van der Waals surface area contributed by atoms with Crippen molar-refractivity contribution < 1.29 is 14.4 Å². The Labute approximate surface area is 216 Å². The number of imide groups is 1. The molecule has 186 valence electrons. The Kier molecular flexibility index (Phi) is 5.88. The molecular weight excluding hydrogens is 488 g/mol. The van der Waals surface area contributed by atoms with Crippen LogP contribution in [-0.2, 0) is 22.4 Å². The molecule has 0 unspecified atom stereocenters. The minimum Gasteiger partial charge on any atom is -0.351 e. The molecular formula is C27H24N6O3S. The van der Waals surface area contributed by atoms with Gasteiger partial charge in [-0.3, -0.25) is 19.7 Å². The van der Waals surface area contributed by atoms with E-state index < -0.39 is 0 Å². The van der Waals surface area contributed by atoms with Gasteiger partial charge in [0.15, 0.2) is 11.4 Å². The number of fused-ring (bicyclic) bond motifs is 1. The Morgan fingerprint density at radius 3 is 2.73 bits per heavy atom. The van der Waals surface area contributed by atoms with Crippen LogP contribution in [0.4, 0.5) is 5.95 Å². The number of carbonyl (C=O) groups is 3. The first-order chi connectivity index (χ1) is 17.9. The number of ketones is 1. The fraction of sp³-hybridized carbons (Fsp3) is 0.259. The zero-order valence-corrected chi connectivity index (χ0v) is 21.0. The average molecular weight is 513 g/mol. The molecule has 2 aliphatic rings. The number of Topliss-reactive ketones (excluding diaryl/α,β-unsaturated/α-hetero) is 1. The Morgan fingerprint density at radius 1 is 1.16 bits per heavy atom. The summed E-state index contributed by atoms with van der Waals surface area (Å²) in [6, 6.07) is 12.4. The third kappa shape index (κ3) is 4.79. The Hall–Kier alpha value is -4.18. The molecule has 0 bridgehead atoms. The van der Waals surface area contributed by atoms with Crippen molar-refractivity contribution in [3.8, 4) is 10.4 Å². The highest BCUT2D eigenvalue weighted by atomic mass is 32.1. The molecule has 2 fully saturated rings. The third-order valence-corrected chi connectivity index (χ3v) is 7.65. The summed E-state index contributed by atoms with van der Waals surface area (Å²) in [5.41, 5.74) is 3.90. The van der Waals surface area contributed by atoms with Gasteiger partial charge in [0.25, 0.3) is 5.91 Å². The average Bonchev–Trinajstić information content (AvgIpc) is 3.25. The molecule has 9 nitrogen and oxygen atoms in total. The minimum absolute atomic E-state index is 0.0478. The molecule has 10 heteroatoms. The number of aryl methyl sites for hydroxylation is 2. The van der Waals surface area contributed by atoms with Gasteiger partial charge in [0.2, 0.25) is 11.9 Å². The Morgan fingerprint density at radius 2 is 2.00 bits per heavy atom. The summed E-state index contributed by atoms with van der Waals surface area (Å²) in [6.45, 7) is 1.58. The molecule has 1 saturated heterocycles. The fourth-order valence-corrected chi connectivity index (χ4v) is 5.32. The van der Waals surface area contributed by atoms with Gasteiger partial charge < -0.3 is 5.32 Å². The van der Waals surface area contributed by atoms with Crippen molar-refractivity contribution in [2.45, 2.75) is 45.1 Å². The van der Waals surface area contributed by atoms with Crippen molar-refractivity contribution in [2.24, 2.45) is 0 Å². The molecule has 4 heterocycles. The van der Waals surface area contributed by atoms with E-state index >= 15 is 0 Å².